The lowest BCUT2D eigenvalue weighted by Crippen LogP contribution is -2.33. The number of benzene rings is 2. The van der Waals surface area contributed by atoms with Crippen molar-refractivity contribution in [1.82, 2.24) is 0 Å². The van der Waals surface area contributed by atoms with Crippen molar-refractivity contribution in [3.63, 3.8) is 0 Å². The highest BCUT2D eigenvalue weighted by Crippen LogP contribution is 2.11. The molecule has 0 atom stereocenters. The monoisotopic (exact) mass is 202 g/mol. The Kier molecular flexibility index (Phi) is 3.01. The second kappa shape index (κ2) is 4.44. The molecular weight excluding hydrogens is 191 g/mol. The van der Waals surface area contributed by atoms with E-state index >= 15 is 0 Å². The van der Waals surface area contributed by atoms with Gasteiger partial charge in [-0.2, -0.15) is 0 Å². The maximum absolute atomic E-state index is 9.67. The molecule has 3 nitrogen and oxygen atoms in total. The Labute approximate surface area is 88.3 Å². The predicted octanol–water partition coefficient (Wildman–Crippen LogP) is 1.11. The van der Waals surface area contributed by atoms with Crippen molar-refractivity contribution in [2.75, 3.05) is 7.11 Å². The van der Waals surface area contributed by atoms with Crippen LogP contribution in [0.2, 0.25) is 0 Å². The lowest BCUT2D eigenvalue weighted by molar-refractivity contribution is -0.192. The molecule has 2 rings (SSSR count). The van der Waals surface area contributed by atoms with Crippen LogP contribution < -0.4 is 5.46 Å². The smallest absolute Gasteiger partial charge is 0.422 e. The molecule has 0 aromatic heterocycles. The lowest BCUT2D eigenvalue weighted by atomic mass is 9.77. The first-order valence-corrected chi connectivity index (χ1v) is 4.68. The van der Waals surface area contributed by atoms with Crippen LogP contribution in [0.1, 0.15) is 0 Å². The third-order valence-corrected chi connectivity index (χ3v) is 2.28. The van der Waals surface area contributed by atoms with Crippen LogP contribution in [0.3, 0.4) is 0 Å². The fourth-order valence-electron chi connectivity index (χ4n) is 1.61. The molecule has 0 aliphatic rings. The molecule has 0 unspecified atom stereocenters. The van der Waals surface area contributed by atoms with Crippen LogP contribution in [-0.2, 0) is 9.69 Å². The second-order valence-electron chi connectivity index (χ2n) is 3.18. The number of hydrogen-bond acceptors (Lipinski definition) is 3. The van der Waals surface area contributed by atoms with Gasteiger partial charge in [0.15, 0.2) is 0 Å². The molecule has 0 spiro atoms. The van der Waals surface area contributed by atoms with Gasteiger partial charge in [0, 0.05) is 0 Å². The van der Waals surface area contributed by atoms with Gasteiger partial charge >= 0.3 is 7.12 Å². The summed E-state index contributed by atoms with van der Waals surface area (Å²) in [5.74, 6) is 0. The zero-order valence-corrected chi connectivity index (χ0v) is 8.38. The highest BCUT2D eigenvalue weighted by molar-refractivity contribution is 6.63. The van der Waals surface area contributed by atoms with Gasteiger partial charge in [-0.3, -0.25) is 9.69 Å². The maximum Gasteiger partial charge on any atom is 0.523 e. The van der Waals surface area contributed by atoms with Gasteiger partial charge in [-0.25, -0.2) is 0 Å². The van der Waals surface area contributed by atoms with Crippen LogP contribution in [0.5, 0.6) is 0 Å². The van der Waals surface area contributed by atoms with Crippen LogP contribution in [0.4, 0.5) is 0 Å². The molecular formula is C11H11BO3. The van der Waals surface area contributed by atoms with E-state index in [9.17, 15) is 5.02 Å². The first-order chi connectivity index (χ1) is 7.33. The van der Waals surface area contributed by atoms with E-state index < -0.39 is 7.12 Å². The van der Waals surface area contributed by atoms with Crippen molar-refractivity contribution in [1.29, 1.82) is 0 Å². The average Bonchev–Trinajstić information content (AvgIpc) is 2.28. The van der Waals surface area contributed by atoms with Gasteiger partial charge in [0.2, 0.25) is 0 Å². The molecule has 76 valence electrons. The van der Waals surface area contributed by atoms with E-state index in [0.29, 0.717) is 5.46 Å². The van der Waals surface area contributed by atoms with E-state index in [1.807, 2.05) is 42.5 Å². The molecule has 0 saturated carbocycles. The number of hydrogen-bond donors (Lipinski definition) is 1. The van der Waals surface area contributed by atoms with Crippen LogP contribution in [0, 0.1) is 0 Å². The highest BCUT2D eigenvalue weighted by atomic mass is 17.2. The van der Waals surface area contributed by atoms with E-state index in [1.165, 1.54) is 7.11 Å². The minimum Gasteiger partial charge on any atom is -0.422 e. The van der Waals surface area contributed by atoms with Gasteiger partial charge in [-0.05, 0) is 16.2 Å². The Balaban J connectivity index is 2.50. The van der Waals surface area contributed by atoms with E-state index in [0.717, 1.165) is 10.8 Å². The Hall–Kier alpha value is -1.36. The maximum atomic E-state index is 9.67. The van der Waals surface area contributed by atoms with Crippen molar-refractivity contribution >= 4 is 23.4 Å². The topological polar surface area (TPSA) is 38.7 Å². The van der Waals surface area contributed by atoms with E-state index in [2.05, 4.69) is 4.89 Å². The Bertz CT molecular complexity index is 453. The summed E-state index contributed by atoms with van der Waals surface area (Å²) < 4.78 is 0. The van der Waals surface area contributed by atoms with Crippen molar-refractivity contribution in [2.45, 2.75) is 0 Å². The first kappa shape index (κ1) is 10.2. The minimum absolute atomic E-state index is 0.704. The molecule has 0 saturated heterocycles. The summed E-state index contributed by atoms with van der Waals surface area (Å²) in [6.45, 7) is 0. The van der Waals surface area contributed by atoms with E-state index in [-0.39, 0.29) is 0 Å². The minimum atomic E-state index is -1.05. The Morgan fingerprint density at radius 2 is 1.80 bits per heavy atom. The molecule has 1 N–H and O–H groups in total. The van der Waals surface area contributed by atoms with E-state index in [1.54, 1.807) is 0 Å². The Morgan fingerprint density at radius 3 is 2.60 bits per heavy atom. The van der Waals surface area contributed by atoms with Gasteiger partial charge in [0.05, 0.1) is 7.11 Å². The zero-order chi connectivity index (χ0) is 10.7. The summed E-state index contributed by atoms with van der Waals surface area (Å²) in [7, 11) is 0.315. The molecule has 0 bridgehead atoms. The summed E-state index contributed by atoms with van der Waals surface area (Å²) in [5.41, 5.74) is 0.704. The molecule has 0 heterocycles. The summed E-state index contributed by atoms with van der Waals surface area (Å²) in [5, 5.41) is 11.7. The van der Waals surface area contributed by atoms with Gasteiger partial charge in [-0.15, -0.1) is 0 Å². The third-order valence-electron chi connectivity index (χ3n) is 2.28. The largest absolute Gasteiger partial charge is 0.523 e. The molecule has 0 radical (unpaired) electrons. The molecule has 15 heavy (non-hydrogen) atoms. The first-order valence-electron chi connectivity index (χ1n) is 4.68. The van der Waals surface area contributed by atoms with Crippen molar-refractivity contribution in [2.24, 2.45) is 0 Å². The van der Waals surface area contributed by atoms with Crippen molar-refractivity contribution in [3.05, 3.63) is 42.5 Å². The average molecular weight is 202 g/mol. The molecule has 0 aliphatic carbocycles. The van der Waals surface area contributed by atoms with Crippen LogP contribution in [0.25, 0.3) is 10.8 Å². The molecule has 2 aromatic rings. The molecule has 0 amide bonds. The molecule has 0 fully saturated rings. The molecule has 2 aromatic carbocycles. The molecule has 4 heteroatoms. The van der Waals surface area contributed by atoms with E-state index in [4.69, 9.17) is 4.81 Å². The number of fused-ring (bicyclic) bond motifs is 1. The quantitative estimate of drug-likeness (QED) is 0.460. The SMILES string of the molecule is COOB(O)c1cccc2ccccc12. The summed E-state index contributed by atoms with van der Waals surface area (Å²) in [6, 6.07) is 13.5. The van der Waals surface area contributed by atoms with Crippen LogP contribution in [0.15, 0.2) is 42.5 Å². The second-order valence-corrected chi connectivity index (χ2v) is 3.18. The predicted molar refractivity (Wildman–Crippen MR) is 59.6 cm³/mol. The summed E-state index contributed by atoms with van der Waals surface area (Å²) in [4.78, 5) is 9.15. The van der Waals surface area contributed by atoms with Crippen molar-refractivity contribution in [3.8, 4) is 0 Å². The van der Waals surface area contributed by atoms with Crippen molar-refractivity contribution < 1.29 is 14.7 Å². The standard InChI is InChI=1S/C11H11BO3/c1-14-15-12(13)11-8-4-6-9-5-2-3-7-10(9)11/h2-8,13H,1H3. The lowest BCUT2D eigenvalue weighted by Gasteiger charge is -2.08. The third kappa shape index (κ3) is 2.02. The highest BCUT2D eigenvalue weighted by Gasteiger charge is 2.19. The number of rotatable bonds is 3. The Morgan fingerprint density at radius 1 is 1.07 bits per heavy atom. The van der Waals surface area contributed by atoms with Gasteiger partial charge in [0.1, 0.15) is 0 Å². The fourth-order valence-corrected chi connectivity index (χ4v) is 1.61. The molecule has 0 aliphatic heterocycles. The van der Waals surface area contributed by atoms with Gasteiger partial charge in [-0.1, -0.05) is 42.5 Å². The van der Waals surface area contributed by atoms with Gasteiger partial charge in [0.25, 0.3) is 0 Å². The van der Waals surface area contributed by atoms with Gasteiger partial charge < -0.3 is 5.02 Å². The zero-order valence-electron chi connectivity index (χ0n) is 8.38. The van der Waals surface area contributed by atoms with Crippen LogP contribution in [-0.4, -0.2) is 19.3 Å². The summed E-state index contributed by atoms with van der Waals surface area (Å²) in [6.07, 6.45) is 0. The summed E-state index contributed by atoms with van der Waals surface area (Å²) >= 11 is 0. The van der Waals surface area contributed by atoms with Crippen LogP contribution >= 0.6 is 0 Å². The fraction of sp³-hybridized carbons (Fsp3) is 0.0909. The normalized spacial score (nSPS) is 10.5.